The highest BCUT2D eigenvalue weighted by Crippen LogP contribution is 2.37. The summed E-state index contributed by atoms with van der Waals surface area (Å²) in [4.78, 5) is 26.2. The molecule has 0 radical (unpaired) electrons. The van der Waals surface area contributed by atoms with Crippen molar-refractivity contribution < 1.29 is 14.6 Å². The average molecular weight is 421 g/mol. The normalized spacial score (nSPS) is 14.3. The average Bonchev–Trinajstić information content (AvgIpc) is 2.70. The van der Waals surface area contributed by atoms with Crippen LogP contribution in [-0.2, 0) is 17.6 Å². The summed E-state index contributed by atoms with van der Waals surface area (Å²) in [6.07, 6.45) is 2.01. The number of para-hydroxylation sites is 1. The molecule has 2 aromatic carbocycles. The molecule has 6 nitrogen and oxygen atoms in total. The molecule has 0 saturated heterocycles. The zero-order valence-corrected chi connectivity index (χ0v) is 18.4. The van der Waals surface area contributed by atoms with Crippen LogP contribution in [0.1, 0.15) is 57.0 Å². The number of hydrogen-bond acceptors (Lipinski definition) is 4. The van der Waals surface area contributed by atoms with E-state index in [4.69, 9.17) is 4.74 Å². The van der Waals surface area contributed by atoms with Crippen LogP contribution in [-0.4, -0.2) is 21.4 Å². The van der Waals surface area contributed by atoms with Crippen molar-refractivity contribution in [1.82, 2.24) is 9.88 Å². The maximum Gasteiger partial charge on any atom is 0.408 e. The first-order valence-corrected chi connectivity index (χ1v) is 10.6. The second kappa shape index (κ2) is 7.76. The number of nitrogens with zero attached hydrogens (tertiary/aromatic N) is 1. The summed E-state index contributed by atoms with van der Waals surface area (Å²) >= 11 is 0. The van der Waals surface area contributed by atoms with Crippen LogP contribution in [0.5, 0.6) is 5.75 Å². The van der Waals surface area contributed by atoms with Crippen molar-refractivity contribution in [3.05, 3.63) is 69.6 Å². The summed E-state index contributed by atoms with van der Waals surface area (Å²) in [5, 5.41) is 14.6. The highest BCUT2D eigenvalue weighted by Gasteiger charge is 2.28. The molecule has 0 bridgehead atoms. The minimum absolute atomic E-state index is 0.0177. The Morgan fingerprint density at radius 1 is 1.10 bits per heavy atom. The lowest BCUT2D eigenvalue weighted by Crippen LogP contribution is -2.37. The van der Waals surface area contributed by atoms with E-state index in [0.29, 0.717) is 11.1 Å². The van der Waals surface area contributed by atoms with Crippen LogP contribution in [0.25, 0.3) is 16.5 Å². The predicted molar refractivity (Wildman–Crippen MR) is 121 cm³/mol. The third-order valence-electron chi connectivity index (χ3n) is 5.57. The molecule has 3 aromatic rings. The van der Waals surface area contributed by atoms with Crippen LogP contribution in [0.4, 0.5) is 4.79 Å². The fourth-order valence-corrected chi connectivity index (χ4v) is 4.44. The summed E-state index contributed by atoms with van der Waals surface area (Å²) in [5.41, 5.74) is 2.53. The van der Waals surface area contributed by atoms with E-state index < -0.39 is 17.7 Å². The van der Waals surface area contributed by atoms with E-state index >= 15 is 0 Å². The molecule has 2 N–H and O–H groups in total. The number of aromatic hydroxyl groups is 1. The molecule has 0 unspecified atom stereocenters. The Morgan fingerprint density at radius 2 is 1.81 bits per heavy atom. The van der Waals surface area contributed by atoms with E-state index in [9.17, 15) is 14.7 Å². The first-order chi connectivity index (χ1) is 14.7. The van der Waals surface area contributed by atoms with Gasteiger partial charge in [-0.1, -0.05) is 24.3 Å². The third kappa shape index (κ3) is 3.90. The molecule has 1 atom stereocenters. The minimum Gasteiger partial charge on any atom is -0.507 e. The number of hydrogen-bond donors (Lipinski definition) is 2. The van der Waals surface area contributed by atoms with E-state index in [0.717, 1.165) is 41.5 Å². The quantitative estimate of drug-likeness (QED) is 0.640. The Kier molecular flexibility index (Phi) is 5.25. The number of ether oxygens (including phenoxy) is 1. The van der Waals surface area contributed by atoms with Gasteiger partial charge in [-0.25, -0.2) is 4.79 Å². The third-order valence-corrected chi connectivity index (χ3v) is 5.57. The number of phenols is 1. The lowest BCUT2D eigenvalue weighted by molar-refractivity contribution is 0.0506. The van der Waals surface area contributed by atoms with Gasteiger partial charge >= 0.3 is 6.09 Å². The number of alkyl carbamates (subject to hydrolysis) is 1. The molecule has 1 heterocycles. The van der Waals surface area contributed by atoms with Gasteiger partial charge in [0, 0.05) is 5.69 Å². The number of benzene rings is 2. The number of phenolic OH excluding ortho intramolecular Hbond substituents is 1. The van der Waals surface area contributed by atoms with Gasteiger partial charge in [-0.3, -0.25) is 9.36 Å². The summed E-state index contributed by atoms with van der Waals surface area (Å²) in [6, 6.07) is 12.3. The van der Waals surface area contributed by atoms with Crippen molar-refractivity contribution in [2.75, 3.05) is 0 Å². The summed E-state index contributed by atoms with van der Waals surface area (Å²) in [7, 11) is 0. The fraction of sp³-hybridized carbons (Fsp3) is 0.360. The molecule has 1 aliphatic rings. The van der Waals surface area contributed by atoms with Crippen molar-refractivity contribution in [3.63, 3.8) is 0 Å². The predicted octanol–water partition coefficient (Wildman–Crippen LogP) is 4.77. The molecule has 0 fully saturated rings. The van der Waals surface area contributed by atoms with Gasteiger partial charge in [0.05, 0.1) is 17.1 Å². The van der Waals surface area contributed by atoms with Gasteiger partial charge in [0.2, 0.25) is 0 Å². The molecule has 1 amide bonds. The molecule has 31 heavy (non-hydrogen) atoms. The molecule has 4 rings (SSSR count). The monoisotopic (exact) mass is 420 g/mol. The van der Waals surface area contributed by atoms with Crippen LogP contribution < -0.4 is 10.9 Å². The number of carbonyl (C=O) groups excluding carboxylic acids is 1. The van der Waals surface area contributed by atoms with E-state index in [1.165, 1.54) is 0 Å². The molecule has 0 saturated carbocycles. The van der Waals surface area contributed by atoms with Gasteiger partial charge in [0.1, 0.15) is 11.4 Å². The van der Waals surface area contributed by atoms with Crippen LogP contribution in [0.15, 0.2) is 47.3 Å². The molecule has 6 heteroatoms. The van der Waals surface area contributed by atoms with Crippen LogP contribution in [0.2, 0.25) is 0 Å². The molecule has 1 aliphatic carbocycles. The van der Waals surface area contributed by atoms with Crippen LogP contribution in [0, 0.1) is 0 Å². The van der Waals surface area contributed by atoms with E-state index in [1.807, 2.05) is 64.1 Å². The number of aryl methyl sites for hydroxylation is 2. The number of rotatable bonds is 3. The molecule has 162 valence electrons. The SMILES string of the molecule is C[C@H](NC(=O)OC(C)(C)C)c1c2c3c(ccc(O)c3c(=O)n1-c1ccccc1)CCC2. The molecule has 1 aromatic heterocycles. The van der Waals surface area contributed by atoms with Gasteiger partial charge in [0.25, 0.3) is 5.56 Å². The summed E-state index contributed by atoms with van der Waals surface area (Å²) in [6.45, 7) is 7.29. The van der Waals surface area contributed by atoms with E-state index in [1.54, 1.807) is 10.6 Å². The zero-order valence-electron chi connectivity index (χ0n) is 18.4. The Labute approximate surface area is 181 Å². The van der Waals surface area contributed by atoms with Crippen molar-refractivity contribution in [2.24, 2.45) is 0 Å². The lowest BCUT2D eigenvalue weighted by atomic mass is 9.86. The molecule has 0 spiro atoms. The first-order valence-electron chi connectivity index (χ1n) is 10.6. The molecule has 0 aliphatic heterocycles. The summed E-state index contributed by atoms with van der Waals surface area (Å²) in [5.74, 6) is -0.0177. The smallest absolute Gasteiger partial charge is 0.408 e. The minimum atomic E-state index is -0.625. The molecular weight excluding hydrogens is 392 g/mol. The second-order valence-electron chi connectivity index (χ2n) is 9.06. The first kappa shape index (κ1) is 21.0. The van der Waals surface area contributed by atoms with Crippen molar-refractivity contribution in [3.8, 4) is 11.4 Å². The lowest BCUT2D eigenvalue weighted by Gasteiger charge is -2.29. The van der Waals surface area contributed by atoms with Gasteiger partial charge in [-0.05, 0) is 81.7 Å². The highest BCUT2D eigenvalue weighted by molar-refractivity contribution is 5.94. The number of pyridine rings is 1. The van der Waals surface area contributed by atoms with Crippen LogP contribution >= 0.6 is 0 Å². The number of carbonyl (C=O) groups is 1. The second-order valence-corrected chi connectivity index (χ2v) is 9.06. The Hall–Kier alpha value is -3.28. The Bertz CT molecular complexity index is 1210. The van der Waals surface area contributed by atoms with Gasteiger partial charge in [0.15, 0.2) is 0 Å². The van der Waals surface area contributed by atoms with Crippen molar-refractivity contribution in [2.45, 2.75) is 58.6 Å². The van der Waals surface area contributed by atoms with Crippen molar-refractivity contribution >= 4 is 16.9 Å². The Balaban J connectivity index is 1.98. The maximum atomic E-state index is 13.7. The number of nitrogens with one attached hydrogen (secondary N) is 1. The summed E-state index contributed by atoms with van der Waals surface area (Å²) < 4.78 is 7.07. The number of aromatic nitrogens is 1. The fourth-order valence-electron chi connectivity index (χ4n) is 4.44. The number of amides is 1. The van der Waals surface area contributed by atoms with Gasteiger partial charge < -0.3 is 15.2 Å². The van der Waals surface area contributed by atoms with Gasteiger partial charge in [-0.2, -0.15) is 0 Å². The zero-order chi connectivity index (χ0) is 22.3. The standard InChI is InChI=1S/C25H28N2O4/c1-15(26-24(30)31-25(2,3)4)22-18-12-8-9-16-13-14-19(28)21(20(16)18)23(29)27(22)17-10-6-5-7-11-17/h5-7,10-11,13-15,28H,8-9,12H2,1-4H3,(H,26,30)/t15-/m0/s1. The van der Waals surface area contributed by atoms with Gasteiger partial charge in [-0.15, -0.1) is 0 Å². The topological polar surface area (TPSA) is 80.6 Å². The van der Waals surface area contributed by atoms with E-state index in [2.05, 4.69) is 5.32 Å². The van der Waals surface area contributed by atoms with Crippen LogP contribution in [0.3, 0.4) is 0 Å². The highest BCUT2D eigenvalue weighted by atomic mass is 16.6. The molecular formula is C25H28N2O4. The maximum absolute atomic E-state index is 13.7. The Morgan fingerprint density at radius 3 is 2.48 bits per heavy atom. The van der Waals surface area contributed by atoms with Crippen molar-refractivity contribution in [1.29, 1.82) is 0 Å². The largest absolute Gasteiger partial charge is 0.507 e. The van der Waals surface area contributed by atoms with E-state index in [-0.39, 0.29) is 11.3 Å².